The van der Waals surface area contributed by atoms with Gasteiger partial charge in [0.05, 0.1) is 6.04 Å². The highest BCUT2D eigenvalue weighted by atomic mass is 32.1. The van der Waals surface area contributed by atoms with Crippen LogP contribution in [0.1, 0.15) is 31.9 Å². The highest BCUT2D eigenvalue weighted by Gasteiger charge is 2.33. The van der Waals surface area contributed by atoms with Gasteiger partial charge in [-0.05, 0) is 44.3 Å². The number of hydrogen-bond donors (Lipinski definition) is 2. The van der Waals surface area contributed by atoms with Crippen molar-refractivity contribution in [3.63, 3.8) is 0 Å². The van der Waals surface area contributed by atoms with E-state index < -0.39 is 0 Å². The zero-order chi connectivity index (χ0) is 18.6. The van der Waals surface area contributed by atoms with Crippen molar-refractivity contribution >= 4 is 23.0 Å². The summed E-state index contributed by atoms with van der Waals surface area (Å²) in [6, 6.07) is 15.9. The van der Waals surface area contributed by atoms with E-state index in [1.165, 1.54) is 0 Å². The molecule has 136 valence electrons. The molecule has 0 amide bonds. The standard InChI is InChI=1S/C21H24N2O2S/c1-4-12-24-16-9-7-8-15(13-16)22-20(26)23-18-14-21(2,3)25-19-11-6-5-10-17(18)19/h4-11,13,18H,1,12,14H2,2-3H3,(H2,22,23,26). The number of para-hydroxylation sites is 1. The van der Waals surface area contributed by atoms with E-state index in [0.29, 0.717) is 11.7 Å². The van der Waals surface area contributed by atoms with E-state index in [0.717, 1.165) is 29.2 Å². The Morgan fingerprint density at radius 1 is 1.31 bits per heavy atom. The second kappa shape index (κ2) is 7.79. The molecule has 1 aliphatic heterocycles. The van der Waals surface area contributed by atoms with E-state index in [1.54, 1.807) is 6.08 Å². The summed E-state index contributed by atoms with van der Waals surface area (Å²) in [7, 11) is 0. The Morgan fingerprint density at radius 3 is 2.92 bits per heavy atom. The van der Waals surface area contributed by atoms with Gasteiger partial charge in [-0.15, -0.1) is 0 Å². The number of fused-ring (bicyclic) bond motifs is 1. The van der Waals surface area contributed by atoms with Crippen molar-refractivity contribution < 1.29 is 9.47 Å². The first kappa shape index (κ1) is 18.3. The van der Waals surface area contributed by atoms with Crippen LogP contribution >= 0.6 is 12.2 Å². The molecule has 26 heavy (non-hydrogen) atoms. The molecule has 0 aliphatic carbocycles. The fraction of sp³-hybridized carbons (Fsp3) is 0.286. The number of rotatable bonds is 5. The monoisotopic (exact) mass is 368 g/mol. The van der Waals surface area contributed by atoms with Crippen molar-refractivity contribution in [3.05, 3.63) is 66.7 Å². The van der Waals surface area contributed by atoms with E-state index in [2.05, 4.69) is 37.1 Å². The molecule has 1 unspecified atom stereocenters. The molecule has 0 spiro atoms. The van der Waals surface area contributed by atoms with Gasteiger partial charge in [0.15, 0.2) is 5.11 Å². The molecular formula is C21H24N2O2S. The molecule has 0 fully saturated rings. The summed E-state index contributed by atoms with van der Waals surface area (Å²) in [5.74, 6) is 1.68. The fourth-order valence-corrected chi connectivity index (χ4v) is 3.34. The van der Waals surface area contributed by atoms with E-state index >= 15 is 0 Å². The molecule has 1 atom stereocenters. The lowest BCUT2D eigenvalue weighted by molar-refractivity contribution is 0.0697. The van der Waals surface area contributed by atoms with Crippen LogP contribution in [0.2, 0.25) is 0 Å². The molecule has 0 bridgehead atoms. The summed E-state index contributed by atoms with van der Waals surface area (Å²) in [6.45, 7) is 8.32. The van der Waals surface area contributed by atoms with Crippen LogP contribution in [-0.2, 0) is 0 Å². The van der Waals surface area contributed by atoms with Gasteiger partial charge in [0.2, 0.25) is 0 Å². The third kappa shape index (κ3) is 4.55. The lowest BCUT2D eigenvalue weighted by atomic mass is 9.90. The molecule has 0 saturated carbocycles. The van der Waals surface area contributed by atoms with Gasteiger partial charge < -0.3 is 20.1 Å². The third-order valence-corrected chi connectivity index (χ3v) is 4.36. The topological polar surface area (TPSA) is 42.5 Å². The SMILES string of the molecule is C=CCOc1cccc(NC(=S)NC2CC(C)(C)Oc3ccccc32)c1. The van der Waals surface area contributed by atoms with Gasteiger partial charge in [0.1, 0.15) is 23.7 Å². The van der Waals surface area contributed by atoms with Crippen LogP contribution in [0.15, 0.2) is 61.2 Å². The molecule has 0 saturated heterocycles. The van der Waals surface area contributed by atoms with E-state index in [1.807, 2.05) is 42.5 Å². The summed E-state index contributed by atoms with van der Waals surface area (Å²) in [6.07, 6.45) is 2.55. The Labute approximate surface area is 160 Å². The average Bonchev–Trinajstić information content (AvgIpc) is 2.59. The number of anilines is 1. The van der Waals surface area contributed by atoms with Gasteiger partial charge in [0, 0.05) is 23.7 Å². The Kier molecular flexibility index (Phi) is 5.47. The first-order valence-corrected chi connectivity index (χ1v) is 9.07. The maximum atomic E-state index is 6.07. The highest BCUT2D eigenvalue weighted by molar-refractivity contribution is 7.80. The number of hydrogen-bond acceptors (Lipinski definition) is 3. The van der Waals surface area contributed by atoms with Crippen LogP contribution in [0, 0.1) is 0 Å². The number of thiocarbonyl (C=S) groups is 1. The summed E-state index contributed by atoms with van der Waals surface area (Å²) >= 11 is 5.53. The molecule has 2 aromatic carbocycles. The Balaban J connectivity index is 1.69. The summed E-state index contributed by atoms with van der Waals surface area (Å²) in [4.78, 5) is 0. The predicted octanol–water partition coefficient (Wildman–Crippen LogP) is 4.84. The number of nitrogens with one attached hydrogen (secondary N) is 2. The second-order valence-corrected chi connectivity index (χ2v) is 7.29. The molecule has 3 rings (SSSR count). The molecule has 2 N–H and O–H groups in total. The third-order valence-electron chi connectivity index (χ3n) is 4.14. The van der Waals surface area contributed by atoms with E-state index in [-0.39, 0.29) is 11.6 Å². The summed E-state index contributed by atoms with van der Waals surface area (Å²) in [5, 5.41) is 7.24. The average molecular weight is 369 g/mol. The lowest BCUT2D eigenvalue weighted by Gasteiger charge is -2.38. The molecule has 0 radical (unpaired) electrons. The predicted molar refractivity (Wildman–Crippen MR) is 110 cm³/mol. The van der Waals surface area contributed by atoms with Crippen molar-refractivity contribution in [1.29, 1.82) is 0 Å². The van der Waals surface area contributed by atoms with Crippen molar-refractivity contribution in [3.8, 4) is 11.5 Å². The largest absolute Gasteiger partial charge is 0.489 e. The van der Waals surface area contributed by atoms with Gasteiger partial charge in [-0.2, -0.15) is 0 Å². The minimum atomic E-state index is -0.250. The van der Waals surface area contributed by atoms with Crippen molar-refractivity contribution in [2.24, 2.45) is 0 Å². The molecule has 0 aromatic heterocycles. The quantitative estimate of drug-likeness (QED) is 0.584. The maximum absolute atomic E-state index is 6.07. The van der Waals surface area contributed by atoms with Crippen LogP contribution in [-0.4, -0.2) is 17.3 Å². The van der Waals surface area contributed by atoms with Crippen LogP contribution in [0.25, 0.3) is 0 Å². The van der Waals surface area contributed by atoms with E-state index in [4.69, 9.17) is 21.7 Å². The van der Waals surface area contributed by atoms with Gasteiger partial charge >= 0.3 is 0 Å². The number of ether oxygens (including phenoxy) is 2. The first-order valence-electron chi connectivity index (χ1n) is 8.66. The van der Waals surface area contributed by atoms with Gasteiger partial charge in [-0.3, -0.25) is 0 Å². The van der Waals surface area contributed by atoms with E-state index in [9.17, 15) is 0 Å². The molecule has 4 nitrogen and oxygen atoms in total. The normalized spacial score (nSPS) is 17.4. The van der Waals surface area contributed by atoms with Crippen LogP contribution in [0.4, 0.5) is 5.69 Å². The number of benzene rings is 2. The van der Waals surface area contributed by atoms with Crippen molar-refractivity contribution in [2.75, 3.05) is 11.9 Å². The van der Waals surface area contributed by atoms with Crippen LogP contribution < -0.4 is 20.1 Å². The minimum Gasteiger partial charge on any atom is -0.489 e. The molecular weight excluding hydrogens is 344 g/mol. The smallest absolute Gasteiger partial charge is 0.171 e. The first-order chi connectivity index (χ1) is 12.5. The Bertz CT molecular complexity index is 804. The Hall–Kier alpha value is -2.53. The van der Waals surface area contributed by atoms with Gasteiger partial charge in [0.25, 0.3) is 0 Å². The second-order valence-electron chi connectivity index (χ2n) is 6.88. The fourth-order valence-electron chi connectivity index (χ4n) is 3.08. The maximum Gasteiger partial charge on any atom is 0.171 e. The lowest BCUT2D eigenvalue weighted by Crippen LogP contribution is -2.42. The summed E-state index contributed by atoms with van der Waals surface area (Å²) < 4.78 is 11.6. The molecule has 2 aromatic rings. The zero-order valence-electron chi connectivity index (χ0n) is 15.1. The zero-order valence-corrected chi connectivity index (χ0v) is 15.9. The van der Waals surface area contributed by atoms with Gasteiger partial charge in [-0.25, -0.2) is 0 Å². The molecule has 1 heterocycles. The van der Waals surface area contributed by atoms with Crippen LogP contribution in [0.5, 0.6) is 11.5 Å². The van der Waals surface area contributed by atoms with Crippen molar-refractivity contribution in [1.82, 2.24) is 5.32 Å². The molecule has 1 aliphatic rings. The minimum absolute atomic E-state index is 0.0927. The Morgan fingerprint density at radius 2 is 2.12 bits per heavy atom. The van der Waals surface area contributed by atoms with Crippen molar-refractivity contribution in [2.45, 2.75) is 31.9 Å². The molecule has 5 heteroatoms. The highest BCUT2D eigenvalue weighted by Crippen LogP contribution is 2.39. The van der Waals surface area contributed by atoms with Crippen LogP contribution in [0.3, 0.4) is 0 Å². The van der Waals surface area contributed by atoms with Gasteiger partial charge in [-0.1, -0.05) is 36.9 Å². The summed E-state index contributed by atoms with van der Waals surface area (Å²) in [5.41, 5.74) is 1.75.